The van der Waals surface area contributed by atoms with Gasteiger partial charge in [-0.05, 0) is 59.3 Å². The van der Waals surface area contributed by atoms with Crippen molar-refractivity contribution < 1.29 is 9.18 Å². The lowest BCUT2D eigenvalue weighted by atomic mass is 10.1. The van der Waals surface area contributed by atoms with Crippen molar-refractivity contribution in [2.75, 3.05) is 5.32 Å². The van der Waals surface area contributed by atoms with Crippen molar-refractivity contribution in [3.8, 4) is 0 Å². The lowest BCUT2D eigenvalue weighted by molar-refractivity contribution is 0.102. The van der Waals surface area contributed by atoms with Crippen LogP contribution in [0.5, 0.6) is 0 Å². The van der Waals surface area contributed by atoms with Crippen molar-refractivity contribution in [3.63, 3.8) is 0 Å². The van der Waals surface area contributed by atoms with Crippen LogP contribution in [-0.4, -0.2) is 16.1 Å². The summed E-state index contributed by atoms with van der Waals surface area (Å²) < 4.78 is 14.5. The number of carbonyl (C=O) groups is 1. The van der Waals surface area contributed by atoms with E-state index in [0.29, 0.717) is 16.4 Å². The van der Waals surface area contributed by atoms with Gasteiger partial charge in [0.1, 0.15) is 5.82 Å². The number of hydrogen-bond acceptors (Lipinski definition) is 5. The largest absolute Gasteiger partial charge is 0.296 e. The Morgan fingerprint density at radius 3 is 2.72 bits per heavy atom. The summed E-state index contributed by atoms with van der Waals surface area (Å²) >= 11 is 4.96. The molecule has 25 heavy (non-hydrogen) atoms. The molecule has 1 aromatic heterocycles. The van der Waals surface area contributed by atoms with Crippen molar-refractivity contribution in [1.82, 2.24) is 10.2 Å². The number of aromatic nitrogens is 2. The van der Waals surface area contributed by atoms with Gasteiger partial charge in [0.25, 0.3) is 5.91 Å². The van der Waals surface area contributed by atoms with Crippen LogP contribution in [0.4, 0.5) is 9.52 Å². The summed E-state index contributed by atoms with van der Waals surface area (Å²) in [6.45, 7) is 1.99. The molecule has 0 bridgehead atoms. The molecule has 1 heterocycles. The van der Waals surface area contributed by atoms with E-state index < -0.39 is 0 Å². The standard InChI is InChI=1S/C17H13FIN3OS2/c1-10-2-7-13(14(19)8-10)15(23)20-16-21-22-17(25-16)24-9-11-3-5-12(18)6-4-11/h2-8H,9H2,1H3,(H,20,21,23). The van der Waals surface area contributed by atoms with Crippen LogP contribution in [0.15, 0.2) is 46.8 Å². The third kappa shape index (κ3) is 4.99. The molecule has 1 N–H and O–H groups in total. The van der Waals surface area contributed by atoms with Gasteiger partial charge in [0.2, 0.25) is 5.13 Å². The molecular formula is C17H13FIN3OS2. The number of halogens is 2. The van der Waals surface area contributed by atoms with E-state index in [0.717, 1.165) is 19.0 Å². The second kappa shape index (κ2) is 8.24. The molecule has 3 aromatic rings. The smallest absolute Gasteiger partial charge is 0.258 e. The van der Waals surface area contributed by atoms with Gasteiger partial charge in [0.15, 0.2) is 4.34 Å². The van der Waals surface area contributed by atoms with E-state index in [1.54, 1.807) is 18.2 Å². The maximum Gasteiger partial charge on any atom is 0.258 e. The van der Waals surface area contributed by atoms with Crippen LogP contribution in [0.1, 0.15) is 21.5 Å². The van der Waals surface area contributed by atoms with Crippen LogP contribution >= 0.6 is 45.7 Å². The number of carbonyl (C=O) groups excluding carboxylic acids is 1. The molecule has 0 radical (unpaired) electrons. The highest BCUT2D eigenvalue weighted by molar-refractivity contribution is 14.1. The van der Waals surface area contributed by atoms with Gasteiger partial charge < -0.3 is 0 Å². The number of aryl methyl sites for hydroxylation is 1. The fraction of sp³-hybridized carbons (Fsp3) is 0.118. The summed E-state index contributed by atoms with van der Waals surface area (Å²) in [6, 6.07) is 12.0. The lowest BCUT2D eigenvalue weighted by Crippen LogP contribution is -2.13. The highest BCUT2D eigenvalue weighted by Crippen LogP contribution is 2.28. The molecule has 0 spiro atoms. The topological polar surface area (TPSA) is 54.9 Å². The zero-order chi connectivity index (χ0) is 17.8. The Bertz CT molecular complexity index is 899. The highest BCUT2D eigenvalue weighted by atomic mass is 127. The number of nitrogens with zero attached hydrogens (tertiary/aromatic N) is 2. The minimum atomic E-state index is -0.250. The number of nitrogens with one attached hydrogen (secondary N) is 1. The Labute approximate surface area is 166 Å². The monoisotopic (exact) mass is 485 g/mol. The number of hydrogen-bond donors (Lipinski definition) is 1. The molecule has 0 aliphatic carbocycles. The van der Waals surface area contributed by atoms with Gasteiger partial charge in [-0.1, -0.05) is 46.9 Å². The van der Waals surface area contributed by atoms with E-state index >= 15 is 0 Å². The molecule has 0 fully saturated rings. The van der Waals surface area contributed by atoms with Gasteiger partial charge in [0, 0.05) is 9.32 Å². The van der Waals surface area contributed by atoms with Crippen LogP contribution in [0.3, 0.4) is 0 Å². The SMILES string of the molecule is Cc1ccc(C(=O)Nc2nnc(SCc3ccc(F)cc3)s2)c(I)c1. The molecule has 1 amide bonds. The summed E-state index contributed by atoms with van der Waals surface area (Å²) in [5.41, 5.74) is 2.72. The summed E-state index contributed by atoms with van der Waals surface area (Å²) in [6.07, 6.45) is 0. The number of rotatable bonds is 5. The molecule has 0 saturated heterocycles. The van der Waals surface area contributed by atoms with Gasteiger partial charge in [-0.25, -0.2) is 4.39 Å². The van der Waals surface area contributed by atoms with Gasteiger partial charge >= 0.3 is 0 Å². The Hall–Kier alpha value is -1.52. The first-order chi connectivity index (χ1) is 12.0. The molecule has 0 aliphatic heterocycles. The quantitative estimate of drug-likeness (QED) is 0.309. The Morgan fingerprint density at radius 1 is 1.24 bits per heavy atom. The van der Waals surface area contributed by atoms with Crippen LogP contribution in [0.2, 0.25) is 0 Å². The molecule has 0 atom stereocenters. The number of thioether (sulfide) groups is 1. The zero-order valence-electron chi connectivity index (χ0n) is 13.1. The van der Waals surface area contributed by atoms with Crippen molar-refractivity contribution in [3.05, 3.63) is 68.5 Å². The van der Waals surface area contributed by atoms with Crippen LogP contribution in [-0.2, 0) is 5.75 Å². The fourth-order valence-corrected chi connectivity index (χ4v) is 4.63. The molecule has 0 unspecified atom stereocenters. The molecule has 0 saturated carbocycles. The normalized spacial score (nSPS) is 10.7. The highest BCUT2D eigenvalue weighted by Gasteiger charge is 2.13. The first-order valence-corrected chi connectivity index (χ1v) is 10.2. The van der Waals surface area contributed by atoms with Crippen LogP contribution in [0.25, 0.3) is 0 Å². The molecular weight excluding hydrogens is 472 g/mol. The van der Waals surface area contributed by atoms with E-state index in [4.69, 9.17) is 0 Å². The lowest BCUT2D eigenvalue weighted by Gasteiger charge is -2.04. The van der Waals surface area contributed by atoms with E-state index in [1.165, 1.54) is 35.2 Å². The van der Waals surface area contributed by atoms with E-state index in [-0.39, 0.29) is 11.7 Å². The molecule has 2 aromatic carbocycles. The zero-order valence-corrected chi connectivity index (χ0v) is 16.9. The first kappa shape index (κ1) is 18.3. The summed E-state index contributed by atoms with van der Waals surface area (Å²) in [5.74, 6) is 0.217. The molecule has 8 heteroatoms. The van der Waals surface area contributed by atoms with Gasteiger partial charge in [0.05, 0.1) is 5.56 Å². The molecule has 0 aliphatic rings. The van der Waals surface area contributed by atoms with Crippen molar-refractivity contribution in [1.29, 1.82) is 0 Å². The van der Waals surface area contributed by atoms with E-state index in [9.17, 15) is 9.18 Å². The van der Waals surface area contributed by atoms with E-state index in [1.807, 2.05) is 19.1 Å². The second-order valence-corrected chi connectivity index (χ2v) is 8.59. The average Bonchev–Trinajstić information content (AvgIpc) is 3.01. The number of anilines is 1. The van der Waals surface area contributed by atoms with Gasteiger partial charge in [-0.3, -0.25) is 10.1 Å². The second-order valence-electron chi connectivity index (χ2n) is 5.23. The third-order valence-electron chi connectivity index (χ3n) is 3.27. The van der Waals surface area contributed by atoms with E-state index in [2.05, 4.69) is 38.1 Å². The third-order valence-corrected chi connectivity index (χ3v) is 6.21. The predicted molar refractivity (Wildman–Crippen MR) is 108 cm³/mol. The summed E-state index contributed by atoms with van der Waals surface area (Å²) in [5, 5.41) is 11.3. The molecule has 3 rings (SSSR count). The average molecular weight is 485 g/mol. The Morgan fingerprint density at radius 2 is 2.00 bits per heavy atom. The van der Waals surface area contributed by atoms with Gasteiger partial charge in [-0.2, -0.15) is 0 Å². The minimum Gasteiger partial charge on any atom is -0.296 e. The maximum atomic E-state index is 12.9. The number of benzene rings is 2. The van der Waals surface area contributed by atoms with Crippen LogP contribution in [0, 0.1) is 16.3 Å². The molecule has 128 valence electrons. The fourth-order valence-electron chi connectivity index (χ4n) is 2.01. The maximum absolute atomic E-state index is 12.9. The van der Waals surface area contributed by atoms with Crippen molar-refractivity contribution in [2.45, 2.75) is 17.0 Å². The molecule has 4 nitrogen and oxygen atoms in total. The minimum absolute atomic E-state index is 0.198. The van der Waals surface area contributed by atoms with Gasteiger partial charge in [-0.15, -0.1) is 10.2 Å². The predicted octanol–water partition coefficient (Wildman–Crippen LogP) is 5.13. The number of amides is 1. The van der Waals surface area contributed by atoms with Crippen molar-refractivity contribution >= 4 is 56.7 Å². The first-order valence-electron chi connectivity index (χ1n) is 7.29. The van der Waals surface area contributed by atoms with Crippen LogP contribution < -0.4 is 5.32 Å². The summed E-state index contributed by atoms with van der Waals surface area (Å²) in [7, 11) is 0. The summed E-state index contributed by atoms with van der Waals surface area (Å²) in [4.78, 5) is 12.3. The Kier molecular flexibility index (Phi) is 6.02. The van der Waals surface area contributed by atoms with Crippen molar-refractivity contribution in [2.24, 2.45) is 0 Å². The Balaban J connectivity index is 1.61.